The Kier molecular flexibility index (Phi) is 5.14. The van der Waals surface area contributed by atoms with Crippen molar-refractivity contribution in [1.82, 2.24) is 20.7 Å². The first-order chi connectivity index (χ1) is 8.86. The normalized spacial score (nSPS) is 16.7. The highest BCUT2D eigenvalue weighted by molar-refractivity contribution is 5.91. The fraction of sp³-hybridized carbons (Fsp3) is 0.750. The molecule has 18 heavy (non-hydrogen) atoms. The summed E-state index contributed by atoms with van der Waals surface area (Å²) in [5.74, 6) is -0.193. The lowest BCUT2D eigenvalue weighted by atomic mass is 9.98. The van der Waals surface area contributed by atoms with Crippen molar-refractivity contribution in [2.24, 2.45) is 0 Å². The summed E-state index contributed by atoms with van der Waals surface area (Å²) in [7, 11) is 0. The molecule has 1 amide bonds. The van der Waals surface area contributed by atoms with Gasteiger partial charge in [0.2, 0.25) is 0 Å². The maximum atomic E-state index is 11.5. The third kappa shape index (κ3) is 4.10. The van der Waals surface area contributed by atoms with Crippen molar-refractivity contribution in [2.45, 2.75) is 44.6 Å². The van der Waals surface area contributed by atoms with Crippen molar-refractivity contribution in [3.05, 3.63) is 11.9 Å². The average molecular weight is 252 g/mol. The number of hydrogen-bond donors (Lipinski definition) is 2. The van der Waals surface area contributed by atoms with Crippen molar-refractivity contribution in [2.75, 3.05) is 13.2 Å². The third-order valence-corrected chi connectivity index (χ3v) is 3.16. The molecule has 0 aliphatic heterocycles. The van der Waals surface area contributed by atoms with Crippen LogP contribution in [-0.2, 0) is 4.74 Å². The highest BCUT2D eigenvalue weighted by Gasteiger charge is 2.13. The lowest BCUT2D eigenvalue weighted by Crippen LogP contribution is -2.26. The molecule has 0 unspecified atom stereocenters. The van der Waals surface area contributed by atoms with Gasteiger partial charge in [-0.3, -0.25) is 4.79 Å². The van der Waals surface area contributed by atoms with Gasteiger partial charge in [0, 0.05) is 13.2 Å². The minimum absolute atomic E-state index is 0.193. The summed E-state index contributed by atoms with van der Waals surface area (Å²) in [6.07, 6.45) is 8.96. The van der Waals surface area contributed by atoms with Gasteiger partial charge < -0.3 is 10.1 Å². The summed E-state index contributed by atoms with van der Waals surface area (Å²) in [5.41, 5.74) is 0.322. The van der Waals surface area contributed by atoms with Gasteiger partial charge in [-0.1, -0.05) is 19.3 Å². The molecule has 6 nitrogen and oxygen atoms in total. The van der Waals surface area contributed by atoms with E-state index in [2.05, 4.69) is 20.7 Å². The number of carbonyl (C=O) groups excluding carboxylic acids is 1. The van der Waals surface area contributed by atoms with E-state index >= 15 is 0 Å². The van der Waals surface area contributed by atoms with Gasteiger partial charge in [0.15, 0.2) is 5.69 Å². The van der Waals surface area contributed by atoms with Gasteiger partial charge in [0.25, 0.3) is 5.91 Å². The highest BCUT2D eigenvalue weighted by atomic mass is 16.5. The van der Waals surface area contributed by atoms with E-state index in [9.17, 15) is 4.79 Å². The molecule has 1 fully saturated rings. The number of nitrogens with zero attached hydrogens (tertiary/aromatic N) is 2. The Hall–Kier alpha value is -1.43. The highest BCUT2D eigenvalue weighted by Crippen LogP contribution is 2.20. The molecule has 1 aromatic rings. The number of nitrogens with one attached hydrogen (secondary N) is 2. The molecule has 0 radical (unpaired) electrons. The molecule has 0 saturated heterocycles. The van der Waals surface area contributed by atoms with Crippen LogP contribution in [0.2, 0.25) is 0 Å². The van der Waals surface area contributed by atoms with E-state index in [1.807, 2.05) is 0 Å². The Balaban J connectivity index is 1.52. The molecule has 1 aromatic heterocycles. The molecule has 1 saturated carbocycles. The zero-order chi connectivity index (χ0) is 12.6. The van der Waals surface area contributed by atoms with Gasteiger partial charge in [-0.2, -0.15) is 15.4 Å². The molecule has 6 heteroatoms. The zero-order valence-electron chi connectivity index (χ0n) is 10.5. The molecule has 0 spiro atoms. The van der Waals surface area contributed by atoms with Crippen LogP contribution in [0.4, 0.5) is 0 Å². The largest absolute Gasteiger partial charge is 0.378 e. The fourth-order valence-electron chi connectivity index (χ4n) is 2.16. The smallest absolute Gasteiger partial charge is 0.273 e. The van der Waals surface area contributed by atoms with E-state index in [1.165, 1.54) is 38.3 Å². The van der Waals surface area contributed by atoms with Crippen molar-refractivity contribution in [3.8, 4) is 0 Å². The Morgan fingerprint density at radius 1 is 1.44 bits per heavy atom. The number of rotatable bonds is 6. The number of hydrogen-bond acceptors (Lipinski definition) is 4. The number of H-pyrrole nitrogens is 1. The zero-order valence-corrected chi connectivity index (χ0v) is 10.5. The van der Waals surface area contributed by atoms with E-state index in [-0.39, 0.29) is 5.91 Å². The molecule has 1 heterocycles. The van der Waals surface area contributed by atoms with E-state index in [4.69, 9.17) is 4.74 Å². The molecular formula is C12H20N4O2. The van der Waals surface area contributed by atoms with Crippen molar-refractivity contribution < 1.29 is 9.53 Å². The number of aromatic nitrogens is 3. The molecule has 0 bridgehead atoms. The lowest BCUT2D eigenvalue weighted by Gasteiger charge is -2.21. The Bertz CT molecular complexity index is 347. The van der Waals surface area contributed by atoms with Gasteiger partial charge in [-0.15, -0.1) is 0 Å². The van der Waals surface area contributed by atoms with Gasteiger partial charge in [-0.25, -0.2) is 0 Å². The van der Waals surface area contributed by atoms with Crippen LogP contribution in [0.5, 0.6) is 0 Å². The molecule has 2 N–H and O–H groups in total. The van der Waals surface area contributed by atoms with Crippen LogP contribution in [-0.4, -0.2) is 40.6 Å². The van der Waals surface area contributed by atoms with Gasteiger partial charge >= 0.3 is 0 Å². The third-order valence-electron chi connectivity index (χ3n) is 3.16. The van der Waals surface area contributed by atoms with Gasteiger partial charge in [0.1, 0.15) is 0 Å². The Morgan fingerprint density at radius 3 is 3.00 bits per heavy atom. The van der Waals surface area contributed by atoms with Crippen LogP contribution in [0.25, 0.3) is 0 Å². The number of aromatic amines is 1. The molecule has 0 atom stereocenters. The predicted molar refractivity (Wildman–Crippen MR) is 66.2 cm³/mol. The molecular weight excluding hydrogens is 232 g/mol. The standard InChI is InChI=1S/C12H20N4O2/c17-12(11-9-14-16-15-11)13-7-4-8-18-10-5-2-1-3-6-10/h9-10H,1-8H2,(H,13,17)(H,14,15,16). The second kappa shape index (κ2) is 7.10. The van der Waals surface area contributed by atoms with Crippen molar-refractivity contribution in [1.29, 1.82) is 0 Å². The van der Waals surface area contributed by atoms with Crippen LogP contribution < -0.4 is 5.32 Å². The summed E-state index contributed by atoms with van der Waals surface area (Å²) >= 11 is 0. The molecule has 1 aliphatic rings. The lowest BCUT2D eigenvalue weighted by molar-refractivity contribution is 0.0273. The molecule has 1 aliphatic carbocycles. The monoisotopic (exact) mass is 252 g/mol. The predicted octanol–water partition coefficient (Wildman–Crippen LogP) is 1.27. The minimum atomic E-state index is -0.193. The fourth-order valence-corrected chi connectivity index (χ4v) is 2.16. The maximum Gasteiger partial charge on any atom is 0.273 e. The van der Waals surface area contributed by atoms with E-state index in [0.29, 0.717) is 24.9 Å². The summed E-state index contributed by atoms with van der Waals surface area (Å²) < 4.78 is 5.77. The van der Waals surface area contributed by atoms with E-state index in [1.54, 1.807) is 0 Å². The summed E-state index contributed by atoms with van der Waals surface area (Å²) in [6, 6.07) is 0. The maximum absolute atomic E-state index is 11.5. The first kappa shape index (κ1) is 13.0. The SMILES string of the molecule is O=C(NCCCOC1CCCCC1)c1cn[nH]n1. The Labute approximate surface area is 106 Å². The second-order valence-electron chi connectivity index (χ2n) is 4.60. The number of carbonyl (C=O) groups is 1. The minimum Gasteiger partial charge on any atom is -0.378 e. The first-order valence-corrected chi connectivity index (χ1v) is 6.62. The van der Waals surface area contributed by atoms with Crippen molar-refractivity contribution >= 4 is 5.91 Å². The van der Waals surface area contributed by atoms with Crippen molar-refractivity contribution in [3.63, 3.8) is 0 Å². The quantitative estimate of drug-likeness (QED) is 0.747. The van der Waals surface area contributed by atoms with Crippen LogP contribution in [0.3, 0.4) is 0 Å². The number of ether oxygens (including phenoxy) is 1. The molecule has 0 aromatic carbocycles. The first-order valence-electron chi connectivity index (χ1n) is 6.62. The van der Waals surface area contributed by atoms with Gasteiger partial charge in [-0.05, 0) is 19.3 Å². The van der Waals surface area contributed by atoms with Crippen LogP contribution in [0, 0.1) is 0 Å². The van der Waals surface area contributed by atoms with E-state index in [0.717, 1.165) is 6.42 Å². The Morgan fingerprint density at radius 2 is 2.28 bits per heavy atom. The summed E-state index contributed by atoms with van der Waals surface area (Å²) in [5, 5.41) is 12.5. The summed E-state index contributed by atoms with van der Waals surface area (Å²) in [6.45, 7) is 1.32. The topological polar surface area (TPSA) is 79.9 Å². The van der Waals surface area contributed by atoms with E-state index < -0.39 is 0 Å². The van der Waals surface area contributed by atoms with Gasteiger partial charge in [0.05, 0.1) is 12.3 Å². The molecule has 100 valence electrons. The van der Waals surface area contributed by atoms with Crippen LogP contribution in [0.15, 0.2) is 6.20 Å². The molecule has 2 rings (SSSR count). The summed E-state index contributed by atoms with van der Waals surface area (Å²) in [4.78, 5) is 11.5. The second-order valence-corrected chi connectivity index (χ2v) is 4.60. The average Bonchev–Trinajstić information content (AvgIpc) is 2.93. The van der Waals surface area contributed by atoms with Crippen LogP contribution >= 0.6 is 0 Å². The van der Waals surface area contributed by atoms with Crippen LogP contribution in [0.1, 0.15) is 49.0 Å². The number of amides is 1.